The number of hydrogen-bond acceptors (Lipinski definition) is 5. The van der Waals surface area contributed by atoms with Crippen LogP contribution in [0.15, 0.2) is 18.2 Å². The summed E-state index contributed by atoms with van der Waals surface area (Å²) in [5.74, 6) is -0.232. The van der Waals surface area contributed by atoms with Gasteiger partial charge in [-0.3, -0.25) is 4.79 Å². The lowest BCUT2D eigenvalue weighted by Gasteiger charge is -2.42. The lowest BCUT2D eigenvalue weighted by Crippen LogP contribution is -2.61. The van der Waals surface area contributed by atoms with E-state index in [9.17, 15) is 13.2 Å². The number of amides is 1. The molecule has 0 saturated carbocycles. The lowest BCUT2D eigenvalue weighted by atomic mass is 9.94. The van der Waals surface area contributed by atoms with Crippen molar-refractivity contribution in [2.24, 2.45) is 0 Å². The highest BCUT2D eigenvalue weighted by atomic mass is 35.5. The van der Waals surface area contributed by atoms with Crippen LogP contribution in [-0.4, -0.2) is 69.5 Å². The van der Waals surface area contributed by atoms with Gasteiger partial charge in [0, 0.05) is 43.1 Å². The zero-order chi connectivity index (χ0) is 18.9. The Balaban J connectivity index is 1.74. The van der Waals surface area contributed by atoms with Crippen LogP contribution in [0.25, 0.3) is 0 Å². The van der Waals surface area contributed by atoms with Gasteiger partial charge in [-0.15, -0.1) is 0 Å². The number of carbonyl (C=O) groups is 1. The van der Waals surface area contributed by atoms with Gasteiger partial charge < -0.3 is 15.1 Å². The van der Waals surface area contributed by atoms with Crippen LogP contribution in [0.3, 0.4) is 0 Å². The fourth-order valence-corrected chi connectivity index (χ4v) is 5.49. The summed E-state index contributed by atoms with van der Waals surface area (Å²) in [6.45, 7) is 5.54. The van der Waals surface area contributed by atoms with Gasteiger partial charge in [0.1, 0.15) is 0 Å². The molecule has 144 valence electrons. The van der Waals surface area contributed by atoms with Gasteiger partial charge in [-0.2, -0.15) is 0 Å². The molecule has 1 N–H and O–H groups in total. The molecule has 26 heavy (non-hydrogen) atoms. The summed E-state index contributed by atoms with van der Waals surface area (Å²) in [5.41, 5.74) is 2.21. The summed E-state index contributed by atoms with van der Waals surface area (Å²) in [5, 5.41) is 3.84. The Labute approximate surface area is 160 Å². The minimum atomic E-state index is -3.48. The van der Waals surface area contributed by atoms with Crippen LogP contribution in [0.2, 0.25) is 5.02 Å². The molecule has 2 heterocycles. The first-order chi connectivity index (χ1) is 12.2. The maximum Gasteiger partial charge on any atom is 0.244 e. The largest absolute Gasteiger partial charge is 0.368 e. The average Bonchev–Trinajstić information content (AvgIpc) is 2.63. The molecular formula is C18H26ClN3O3S. The molecule has 0 radical (unpaired) electrons. The Bertz CT molecular complexity index is 783. The minimum Gasteiger partial charge on any atom is -0.368 e. The van der Waals surface area contributed by atoms with Crippen LogP contribution in [0.4, 0.5) is 5.69 Å². The fourth-order valence-electron chi connectivity index (χ4n) is 3.94. The van der Waals surface area contributed by atoms with E-state index in [4.69, 9.17) is 11.6 Å². The Kier molecular flexibility index (Phi) is 5.51. The van der Waals surface area contributed by atoms with E-state index in [0.29, 0.717) is 57.1 Å². The summed E-state index contributed by atoms with van der Waals surface area (Å²) in [6, 6.07) is 5.80. The first-order valence-electron chi connectivity index (χ1n) is 8.95. The van der Waals surface area contributed by atoms with E-state index in [-0.39, 0.29) is 5.91 Å². The van der Waals surface area contributed by atoms with Gasteiger partial charge in [-0.1, -0.05) is 17.7 Å². The van der Waals surface area contributed by atoms with E-state index in [1.165, 1.54) is 6.26 Å². The number of benzene rings is 1. The van der Waals surface area contributed by atoms with Gasteiger partial charge in [0.15, 0.2) is 14.6 Å². The summed E-state index contributed by atoms with van der Waals surface area (Å²) in [4.78, 5) is 17.1. The second-order valence-corrected chi connectivity index (χ2v) is 9.99. The smallest absolute Gasteiger partial charge is 0.244 e. The average molecular weight is 400 g/mol. The highest BCUT2D eigenvalue weighted by Crippen LogP contribution is 2.31. The topological polar surface area (TPSA) is 69.7 Å². The standard InChI is InChI=1S/C18H26ClN3O3S/c1-14-3-4-15(19)13-16(14)21-9-11-22(12-10-21)17(23)18(26(2,24)25)5-7-20-8-6-18/h3-4,13,20H,5-12H2,1-2H3. The third-order valence-corrected chi connectivity index (χ3v) is 7.83. The van der Waals surface area contributed by atoms with Crippen LogP contribution in [-0.2, 0) is 14.6 Å². The normalized spacial score (nSPS) is 20.9. The molecule has 8 heteroatoms. The van der Waals surface area contributed by atoms with E-state index in [1.54, 1.807) is 4.90 Å². The quantitative estimate of drug-likeness (QED) is 0.833. The van der Waals surface area contributed by atoms with Crippen LogP contribution in [0.5, 0.6) is 0 Å². The van der Waals surface area contributed by atoms with Crippen LogP contribution in [0, 0.1) is 6.92 Å². The van der Waals surface area contributed by atoms with Gasteiger partial charge in [0.25, 0.3) is 0 Å². The molecule has 2 fully saturated rings. The Morgan fingerprint density at radius 3 is 2.35 bits per heavy atom. The molecule has 0 aromatic heterocycles. The predicted octanol–water partition coefficient (Wildman–Crippen LogP) is 1.46. The SMILES string of the molecule is Cc1ccc(Cl)cc1N1CCN(C(=O)C2(S(C)(=O)=O)CCNCC2)CC1. The highest BCUT2D eigenvalue weighted by molar-refractivity contribution is 7.92. The second kappa shape index (κ2) is 7.37. The summed E-state index contributed by atoms with van der Waals surface area (Å²) in [7, 11) is -3.48. The molecular weight excluding hydrogens is 374 g/mol. The Morgan fingerprint density at radius 2 is 1.77 bits per heavy atom. The van der Waals surface area contributed by atoms with Gasteiger partial charge in [-0.05, 0) is 50.6 Å². The molecule has 0 atom stereocenters. The number of aryl methyl sites for hydroxylation is 1. The third kappa shape index (κ3) is 3.57. The molecule has 1 amide bonds. The molecule has 2 saturated heterocycles. The molecule has 1 aromatic carbocycles. The van der Waals surface area contributed by atoms with Crippen molar-refractivity contribution in [1.29, 1.82) is 0 Å². The summed E-state index contributed by atoms with van der Waals surface area (Å²) < 4.78 is 23.6. The van der Waals surface area contributed by atoms with E-state index in [0.717, 1.165) is 11.3 Å². The molecule has 0 unspecified atom stereocenters. The van der Waals surface area contributed by atoms with Crippen LogP contribution < -0.4 is 10.2 Å². The zero-order valence-corrected chi connectivity index (χ0v) is 16.9. The number of halogens is 1. The maximum absolute atomic E-state index is 13.2. The van der Waals surface area contributed by atoms with Gasteiger partial charge in [0.2, 0.25) is 5.91 Å². The highest BCUT2D eigenvalue weighted by Gasteiger charge is 2.50. The van der Waals surface area contributed by atoms with E-state index in [1.807, 2.05) is 25.1 Å². The lowest BCUT2D eigenvalue weighted by molar-refractivity contribution is -0.135. The Hall–Kier alpha value is -1.31. The number of piperazine rings is 1. The maximum atomic E-state index is 13.2. The second-order valence-electron chi connectivity index (χ2n) is 7.23. The number of nitrogens with one attached hydrogen (secondary N) is 1. The van der Waals surface area contributed by atoms with Crippen molar-refractivity contribution in [2.45, 2.75) is 24.5 Å². The minimum absolute atomic E-state index is 0.232. The molecule has 2 aliphatic rings. The number of carbonyl (C=O) groups excluding carboxylic acids is 1. The number of piperidine rings is 1. The molecule has 6 nitrogen and oxygen atoms in total. The third-order valence-electron chi connectivity index (χ3n) is 5.59. The molecule has 1 aromatic rings. The van der Waals surface area contributed by atoms with Crippen molar-refractivity contribution in [2.75, 3.05) is 50.4 Å². The first-order valence-corrected chi connectivity index (χ1v) is 11.2. The number of anilines is 1. The van der Waals surface area contributed by atoms with Crippen molar-refractivity contribution in [3.63, 3.8) is 0 Å². The number of nitrogens with zero attached hydrogens (tertiary/aromatic N) is 2. The van der Waals surface area contributed by atoms with Gasteiger partial charge in [-0.25, -0.2) is 8.42 Å². The number of sulfone groups is 1. The van der Waals surface area contributed by atoms with E-state index in [2.05, 4.69) is 10.2 Å². The van der Waals surface area contributed by atoms with E-state index < -0.39 is 14.6 Å². The summed E-state index contributed by atoms with van der Waals surface area (Å²) in [6.07, 6.45) is 1.89. The van der Waals surface area contributed by atoms with Gasteiger partial charge >= 0.3 is 0 Å². The molecule has 0 spiro atoms. The Morgan fingerprint density at radius 1 is 1.15 bits per heavy atom. The first kappa shape index (κ1) is 19.5. The molecule has 0 aliphatic carbocycles. The van der Waals surface area contributed by atoms with Crippen molar-refractivity contribution < 1.29 is 13.2 Å². The zero-order valence-electron chi connectivity index (χ0n) is 15.3. The molecule has 3 rings (SSSR count). The molecule has 0 bridgehead atoms. The fraction of sp³-hybridized carbons (Fsp3) is 0.611. The van der Waals surface area contributed by atoms with Crippen molar-refractivity contribution >= 4 is 33.0 Å². The number of hydrogen-bond donors (Lipinski definition) is 1. The van der Waals surface area contributed by atoms with Crippen LogP contribution >= 0.6 is 11.6 Å². The van der Waals surface area contributed by atoms with Crippen molar-refractivity contribution in [1.82, 2.24) is 10.2 Å². The van der Waals surface area contributed by atoms with E-state index >= 15 is 0 Å². The number of rotatable bonds is 3. The molecule has 2 aliphatic heterocycles. The van der Waals surface area contributed by atoms with Crippen molar-refractivity contribution in [3.8, 4) is 0 Å². The summed E-state index contributed by atoms with van der Waals surface area (Å²) >= 11 is 6.12. The van der Waals surface area contributed by atoms with Gasteiger partial charge in [0.05, 0.1) is 0 Å². The monoisotopic (exact) mass is 399 g/mol. The van der Waals surface area contributed by atoms with Crippen LogP contribution in [0.1, 0.15) is 18.4 Å². The predicted molar refractivity (Wildman–Crippen MR) is 105 cm³/mol. The van der Waals surface area contributed by atoms with Crippen molar-refractivity contribution in [3.05, 3.63) is 28.8 Å².